The predicted molar refractivity (Wildman–Crippen MR) is 141 cm³/mol. The van der Waals surface area contributed by atoms with Crippen molar-refractivity contribution >= 4 is 61.3 Å². The number of carbonyl (C=O) groups excluding carboxylic acids is 3. The lowest BCUT2D eigenvalue weighted by Gasteiger charge is -2.11. The van der Waals surface area contributed by atoms with Gasteiger partial charge in [0, 0.05) is 10.6 Å². The minimum Gasteiger partial charge on any atom is -0.365 e. The van der Waals surface area contributed by atoms with Gasteiger partial charge in [-0.2, -0.15) is 0 Å². The minimum atomic E-state index is -0.569. The molecule has 3 heterocycles. The van der Waals surface area contributed by atoms with Crippen LogP contribution in [0.15, 0.2) is 41.5 Å². The number of nitrogens with two attached hydrogens (primary N) is 1. The van der Waals surface area contributed by atoms with Crippen molar-refractivity contribution in [1.82, 2.24) is 9.55 Å². The number of amides is 3. The Kier molecular flexibility index (Phi) is 6.42. The van der Waals surface area contributed by atoms with Gasteiger partial charge in [-0.05, 0) is 55.9 Å². The second kappa shape index (κ2) is 9.67. The van der Waals surface area contributed by atoms with E-state index in [1.807, 2.05) is 18.2 Å². The summed E-state index contributed by atoms with van der Waals surface area (Å²) in [5, 5.41) is 6.32. The van der Waals surface area contributed by atoms with E-state index in [0.29, 0.717) is 36.9 Å². The van der Waals surface area contributed by atoms with Crippen molar-refractivity contribution in [1.29, 1.82) is 0 Å². The summed E-state index contributed by atoms with van der Waals surface area (Å²) >= 11 is 2.50. The lowest BCUT2D eigenvalue weighted by molar-refractivity contribution is -0.116. The molecule has 0 saturated carbocycles. The molecule has 0 unspecified atom stereocenters. The number of carbonyl (C=O) groups is 3. The summed E-state index contributed by atoms with van der Waals surface area (Å²) in [6, 6.07) is 9.04. The van der Waals surface area contributed by atoms with Gasteiger partial charge >= 0.3 is 0 Å². The van der Waals surface area contributed by atoms with E-state index in [1.54, 1.807) is 19.1 Å². The largest absolute Gasteiger partial charge is 0.365 e. The molecule has 0 saturated heterocycles. The third-order valence-electron chi connectivity index (χ3n) is 6.14. The summed E-state index contributed by atoms with van der Waals surface area (Å²) in [4.78, 5) is 57.2. The summed E-state index contributed by atoms with van der Waals surface area (Å²) in [5.41, 5.74) is 7.64. The summed E-state index contributed by atoms with van der Waals surface area (Å²) in [6.45, 7) is 1.41. The van der Waals surface area contributed by atoms with Crippen LogP contribution in [0.5, 0.6) is 0 Å². The van der Waals surface area contributed by atoms with Crippen molar-refractivity contribution in [2.24, 2.45) is 5.73 Å². The van der Waals surface area contributed by atoms with E-state index in [-0.39, 0.29) is 12.5 Å². The van der Waals surface area contributed by atoms with E-state index in [1.165, 1.54) is 22.2 Å². The zero-order chi connectivity index (χ0) is 25.4. The van der Waals surface area contributed by atoms with Gasteiger partial charge in [-0.3, -0.25) is 23.7 Å². The molecule has 0 aliphatic heterocycles. The number of benzene rings is 1. The second-order valence-corrected chi connectivity index (χ2v) is 10.7. The number of nitrogens with one attached hydrogen (secondary N) is 2. The Balaban J connectivity index is 1.39. The number of rotatable bonds is 6. The molecule has 11 heteroatoms. The van der Waals surface area contributed by atoms with Crippen molar-refractivity contribution < 1.29 is 14.4 Å². The number of hydrogen-bond donors (Lipinski definition) is 3. The van der Waals surface area contributed by atoms with Crippen LogP contribution in [0.1, 0.15) is 48.9 Å². The van der Waals surface area contributed by atoms with Crippen molar-refractivity contribution in [3.63, 3.8) is 0 Å². The molecule has 4 N–H and O–H groups in total. The fourth-order valence-electron chi connectivity index (χ4n) is 4.43. The van der Waals surface area contributed by atoms with Crippen LogP contribution in [0.25, 0.3) is 10.2 Å². The molecule has 1 aliphatic carbocycles. The number of para-hydroxylation sites is 1. The third kappa shape index (κ3) is 4.42. The maximum absolute atomic E-state index is 13.2. The Morgan fingerprint density at radius 3 is 2.58 bits per heavy atom. The van der Waals surface area contributed by atoms with Crippen molar-refractivity contribution in [2.75, 3.05) is 10.6 Å². The van der Waals surface area contributed by atoms with Crippen LogP contribution in [-0.4, -0.2) is 27.3 Å². The zero-order valence-corrected chi connectivity index (χ0v) is 21.1. The monoisotopic (exact) mass is 521 g/mol. The lowest BCUT2D eigenvalue weighted by atomic mass is 9.95. The number of anilines is 2. The smallest absolute Gasteiger partial charge is 0.266 e. The molecule has 0 bridgehead atoms. The molecule has 1 aliphatic rings. The van der Waals surface area contributed by atoms with E-state index in [9.17, 15) is 19.2 Å². The minimum absolute atomic E-state index is 0.288. The van der Waals surface area contributed by atoms with E-state index < -0.39 is 17.4 Å². The number of nitrogens with zero attached hydrogens (tertiary/aromatic N) is 2. The summed E-state index contributed by atoms with van der Waals surface area (Å²) < 4.78 is 1.20. The molecule has 36 heavy (non-hydrogen) atoms. The maximum atomic E-state index is 13.2. The van der Waals surface area contributed by atoms with Crippen LogP contribution in [0, 0.1) is 6.92 Å². The topological polar surface area (TPSA) is 136 Å². The van der Waals surface area contributed by atoms with Gasteiger partial charge in [0.25, 0.3) is 17.4 Å². The SMILES string of the molecule is Cc1c(C(=O)Nc2ccccc2)sc2ncn(CC(=O)Nc3sc4c(c3C(N)=O)CCCC4)c(=O)c12. The fraction of sp³-hybridized carbons (Fsp3) is 0.240. The van der Waals surface area contributed by atoms with Gasteiger partial charge < -0.3 is 16.4 Å². The number of hydrogen-bond acceptors (Lipinski definition) is 7. The Bertz CT molecular complexity index is 1570. The first-order valence-corrected chi connectivity index (χ1v) is 13.1. The average Bonchev–Trinajstić information content (AvgIpc) is 3.39. The summed E-state index contributed by atoms with van der Waals surface area (Å²) in [7, 11) is 0. The molecule has 3 aromatic heterocycles. The normalized spacial score (nSPS) is 12.8. The van der Waals surface area contributed by atoms with Gasteiger partial charge in [0.1, 0.15) is 16.4 Å². The highest BCUT2D eigenvalue weighted by Gasteiger charge is 2.25. The van der Waals surface area contributed by atoms with Gasteiger partial charge in [-0.1, -0.05) is 18.2 Å². The number of primary amides is 1. The van der Waals surface area contributed by atoms with Crippen LogP contribution in [-0.2, 0) is 24.2 Å². The number of aromatic nitrogens is 2. The van der Waals surface area contributed by atoms with E-state index in [0.717, 1.165) is 47.5 Å². The highest BCUT2D eigenvalue weighted by Crippen LogP contribution is 2.38. The van der Waals surface area contributed by atoms with Gasteiger partial charge in [0.05, 0.1) is 22.2 Å². The molecular weight excluding hydrogens is 498 g/mol. The van der Waals surface area contributed by atoms with Gasteiger partial charge in [-0.25, -0.2) is 4.98 Å². The highest BCUT2D eigenvalue weighted by atomic mass is 32.1. The zero-order valence-electron chi connectivity index (χ0n) is 19.4. The molecule has 3 amide bonds. The van der Waals surface area contributed by atoms with Crippen LogP contribution in [0.2, 0.25) is 0 Å². The molecular formula is C25H23N5O4S2. The third-order valence-corrected chi connectivity index (χ3v) is 8.55. The Morgan fingerprint density at radius 2 is 1.83 bits per heavy atom. The summed E-state index contributed by atoms with van der Waals surface area (Å²) in [5.74, 6) is -1.36. The first-order chi connectivity index (χ1) is 17.3. The van der Waals surface area contributed by atoms with Crippen molar-refractivity contribution in [3.05, 3.63) is 73.5 Å². The van der Waals surface area contributed by atoms with E-state index in [2.05, 4.69) is 15.6 Å². The van der Waals surface area contributed by atoms with Gasteiger partial charge in [0.15, 0.2) is 0 Å². The molecule has 4 aromatic rings. The molecule has 0 atom stereocenters. The maximum Gasteiger partial charge on any atom is 0.266 e. The van der Waals surface area contributed by atoms with Crippen molar-refractivity contribution in [2.45, 2.75) is 39.2 Å². The molecule has 184 valence electrons. The number of thiophene rings is 2. The van der Waals surface area contributed by atoms with Crippen molar-refractivity contribution in [3.8, 4) is 0 Å². The van der Waals surface area contributed by atoms with Gasteiger partial charge in [-0.15, -0.1) is 22.7 Å². The standard InChI is InChI=1S/C25H23N5O4S2/c1-13-18-23(36-20(13)22(33)28-14-7-3-2-4-8-14)27-12-30(25(18)34)11-17(31)29-24-19(21(26)32)15-9-5-6-10-16(15)35-24/h2-4,7-8,12H,5-6,9-11H2,1H3,(H2,26,32)(H,28,33)(H,29,31). The van der Waals surface area contributed by atoms with Crippen LogP contribution in [0.3, 0.4) is 0 Å². The fourth-order valence-corrected chi connectivity index (χ4v) is 6.78. The highest BCUT2D eigenvalue weighted by molar-refractivity contribution is 7.20. The molecule has 0 fully saturated rings. The molecule has 9 nitrogen and oxygen atoms in total. The Morgan fingerprint density at radius 1 is 1.08 bits per heavy atom. The summed E-state index contributed by atoms with van der Waals surface area (Å²) in [6.07, 6.45) is 4.92. The quantitative estimate of drug-likeness (QED) is 0.355. The molecule has 5 rings (SSSR count). The average molecular weight is 522 g/mol. The number of aryl methyl sites for hydroxylation is 2. The lowest BCUT2D eigenvalue weighted by Crippen LogP contribution is -2.28. The number of fused-ring (bicyclic) bond motifs is 2. The predicted octanol–water partition coefficient (Wildman–Crippen LogP) is 3.70. The molecule has 1 aromatic carbocycles. The van der Waals surface area contributed by atoms with Gasteiger partial charge in [0.2, 0.25) is 5.91 Å². The Hall–Kier alpha value is -3.83. The van der Waals surface area contributed by atoms with Crippen LogP contribution < -0.4 is 21.9 Å². The molecule has 0 spiro atoms. The molecule has 0 radical (unpaired) electrons. The first-order valence-electron chi connectivity index (χ1n) is 11.4. The van der Waals surface area contributed by atoms with Crippen LogP contribution in [0.4, 0.5) is 10.7 Å². The van der Waals surface area contributed by atoms with E-state index in [4.69, 9.17) is 5.73 Å². The second-order valence-electron chi connectivity index (χ2n) is 8.56. The van der Waals surface area contributed by atoms with Crippen LogP contribution >= 0.6 is 22.7 Å². The first kappa shape index (κ1) is 23.9. The Labute approximate surface area is 214 Å². The van der Waals surface area contributed by atoms with E-state index >= 15 is 0 Å².